The van der Waals surface area contributed by atoms with E-state index in [9.17, 15) is 15.2 Å². The zero-order valence-electron chi connectivity index (χ0n) is 16.3. The van der Waals surface area contributed by atoms with Crippen LogP contribution in [0.5, 0.6) is 5.75 Å². The van der Waals surface area contributed by atoms with Gasteiger partial charge in [-0.1, -0.05) is 37.3 Å². The van der Waals surface area contributed by atoms with Gasteiger partial charge >= 0.3 is 0 Å². The second kappa shape index (κ2) is 8.02. The van der Waals surface area contributed by atoms with Gasteiger partial charge in [-0.25, -0.2) is 4.98 Å². The van der Waals surface area contributed by atoms with Crippen LogP contribution in [-0.4, -0.2) is 19.6 Å². The number of nitriles is 1. The monoisotopic (exact) mass is 394 g/mol. The van der Waals surface area contributed by atoms with Gasteiger partial charge in [0.2, 0.25) is 0 Å². The van der Waals surface area contributed by atoms with E-state index in [2.05, 4.69) is 16.0 Å². The molecule has 0 spiro atoms. The highest BCUT2D eigenvalue weighted by Gasteiger charge is 2.14. The molecule has 0 aliphatic carbocycles. The van der Waals surface area contributed by atoms with Crippen LogP contribution in [0.15, 0.2) is 65.7 Å². The second-order valence-corrected chi connectivity index (χ2v) is 6.67. The maximum absolute atomic E-state index is 13.3. The van der Waals surface area contributed by atoms with Crippen LogP contribution < -0.4 is 5.56 Å². The Labute approximate surface area is 173 Å². The molecule has 2 aromatic carbocycles. The maximum atomic E-state index is 13.3. The first-order valence-electron chi connectivity index (χ1n) is 9.49. The summed E-state index contributed by atoms with van der Waals surface area (Å²) in [6, 6.07) is 16.1. The van der Waals surface area contributed by atoms with Gasteiger partial charge in [0.15, 0.2) is 0 Å². The van der Waals surface area contributed by atoms with Gasteiger partial charge in [0.25, 0.3) is 5.56 Å². The van der Waals surface area contributed by atoms with Crippen LogP contribution in [0.25, 0.3) is 28.7 Å². The Kier molecular flexibility index (Phi) is 5.10. The highest BCUT2D eigenvalue weighted by atomic mass is 16.3. The smallest absolute Gasteiger partial charge is 0.266 e. The fourth-order valence-corrected chi connectivity index (χ4v) is 3.36. The molecule has 0 unspecified atom stereocenters. The lowest BCUT2D eigenvalue weighted by Crippen LogP contribution is -2.23. The third-order valence-corrected chi connectivity index (χ3v) is 4.91. The van der Waals surface area contributed by atoms with Crippen LogP contribution in [0.2, 0.25) is 0 Å². The quantitative estimate of drug-likeness (QED) is 0.563. The van der Waals surface area contributed by atoms with Gasteiger partial charge in [-0.05, 0) is 42.3 Å². The summed E-state index contributed by atoms with van der Waals surface area (Å²) in [5, 5.41) is 20.4. The molecule has 0 aliphatic heterocycles. The Morgan fingerprint density at radius 2 is 1.97 bits per heavy atom. The van der Waals surface area contributed by atoms with Gasteiger partial charge in [-0.15, -0.1) is 0 Å². The zero-order chi connectivity index (χ0) is 21.1. The predicted molar refractivity (Wildman–Crippen MR) is 116 cm³/mol. The van der Waals surface area contributed by atoms with Crippen LogP contribution in [0.4, 0.5) is 0 Å². The first-order chi connectivity index (χ1) is 14.6. The topological polar surface area (TPSA) is 91.8 Å². The number of aryl methyl sites for hydroxylation is 1. The number of nitrogens with zero attached hydrogens (tertiary/aromatic N) is 4. The minimum atomic E-state index is -0.295. The predicted octanol–water partition coefficient (Wildman–Crippen LogP) is 4.09. The Morgan fingerprint density at radius 3 is 2.77 bits per heavy atom. The third kappa shape index (κ3) is 3.33. The highest BCUT2D eigenvalue weighted by Crippen LogP contribution is 2.25. The molecule has 0 radical (unpaired) electrons. The van der Waals surface area contributed by atoms with Crippen molar-refractivity contribution in [2.24, 2.45) is 0 Å². The highest BCUT2D eigenvalue weighted by molar-refractivity contribution is 5.80. The van der Waals surface area contributed by atoms with Crippen molar-refractivity contribution in [2.75, 3.05) is 0 Å². The Bertz CT molecular complexity index is 1380. The molecule has 0 saturated heterocycles. The maximum Gasteiger partial charge on any atom is 0.266 e. The molecule has 4 rings (SSSR count). The molecule has 30 heavy (non-hydrogen) atoms. The number of phenols is 1. The van der Waals surface area contributed by atoms with Crippen LogP contribution >= 0.6 is 0 Å². The first-order valence-corrected chi connectivity index (χ1v) is 9.49. The molecule has 2 heterocycles. The average Bonchev–Trinajstić information content (AvgIpc) is 2.78. The molecule has 146 valence electrons. The number of hydrogen-bond donors (Lipinski definition) is 1. The number of hydrogen-bond acceptors (Lipinski definition) is 5. The molecule has 0 amide bonds. The molecule has 0 bridgehead atoms. The van der Waals surface area contributed by atoms with Gasteiger partial charge in [0.05, 0.1) is 28.4 Å². The number of para-hydroxylation sites is 2. The van der Waals surface area contributed by atoms with E-state index in [0.717, 1.165) is 5.56 Å². The van der Waals surface area contributed by atoms with Crippen molar-refractivity contribution in [3.8, 4) is 17.5 Å². The minimum absolute atomic E-state index is 0.199. The van der Waals surface area contributed by atoms with E-state index in [-0.39, 0.29) is 11.3 Å². The molecular formula is C24H18N4O2. The number of pyridine rings is 1. The van der Waals surface area contributed by atoms with Gasteiger partial charge in [-0.2, -0.15) is 5.26 Å². The number of phenolic OH excluding ortho intramolecular Hbond substituents is 1. The summed E-state index contributed by atoms with van der Waals surface area (Å²) in [6.45, 7) is 1.97. The van der Waals surface area contributed by atoms with E-state index in [0.29, 0.717) is 40.0 Å². The molecule has 0 fully saturated rings. The summed E-state index contributed by atoms with van der Waals surface area (Å²) < 4.78 is 1.41. The fraction of sp³-hybridized carbons (Fsp3) is 0.0833. The lowest BCUT2D eigenvalue weighted by atomic mass is 10.1. The van der Waals surface area contributed by atoms with Gasteiger partial charge in [0.1, 0.15) is 17.6 Å². The van der Waals surface area contributed by atoms with E-state index in [1.54, 1.807) is 48.6 Å². The lowest BCUT2D eigenvalue weighted by Gasteiger charge is -2.12. The molecule has 0 saturated carbocycles. The largest absolute Gasteiger partial charge is 0.507 e. The van der Waals surface area contributed by atoms with Crippen LogP contribution in [0.3, 0.4) is 0 Å². The number of aromatic nitrogens is 3. The van der Waals surface area contributed by atoms with Crippen molar-refractivity contribution in [1.29, 1.82) is 5.26 Å². The van der Waals surface area contributed by atoms with Crippen molar-refractivity contribution >= 4 is 23.1 Å². The fourth-order valence-electron chi connectivity index (χ4n) is 3.36. The van der Waals surface area contributed by atoms with Crippen molar-refractivity contribution in [2.45, 2.75) is 13.3 Å². The molecule has 6 heteroatoms. The minimum Gasteiger partial charge on any atom is -0.507 e. The Hall–Kier alpha value is -4.24. The number of rotatable bonds is 4. The van der Waals surface area contributed by atoms with Crippen molar-refractivity contribution in [3.05, 3.63) is 93.8 Å². The normalized spacial score (nSPS) is 11.1. The SMILES string of the molecule is CCc1cccc(/C=C/c2nc3cnccc3c(=O)n2-c2ccccc2C#N)c1O. The second-order valence-electron chi connectivity index (χ2n) is 6.67. The van der Waals surface area contributed by atoms with Crippen LogP contribution in [-0.2, 0) is 6.42 Å². The number of aromatic hydroxyl groups is 1. The van der Waals surface area contributed by atoms with E-state index in [1.165, 1.54) is 17.0 Å². The number of fused-ring (bicyclic) bond motifs is 1. The average molecular weight is 394 g/mol. The Morgan fingerprint density at radius 1 is 1.13 bits per heavy atom. The standard InChI is InChI=1S/C24H18N4O2/c1-2-16-7-5-8-17(23(16)29)10-11-22-27-20-15-26-13-12-19(20)24(30)28(22)21-9-4-3-6-18(21)14-25/h3-13,15,29H,2H2,1H3/b11-10+. The van der Waals surface area contributed by atoms with Crippen molar-refractivity contribution in [1.82, 2.24) is 14.5 Å². The molecule has 2 aromatic heterocycles. The zero-order valence-corrected chi connectivity index (χ0v) is 16.3. The molecule has 6 nitrogen and oxygen atoms in total. The van der Waals surface area contributed by atoms with Gasteiger partial charge < -0.3 is 5.11 Å². The molecule has 0 aliphatic rings. The summed E-state index contributed by atoms with van der Waals surface area (Å²) in [7, 11) is 0. The number of benzene rings is 2. The van der Waals surface area contributed by atoms with Crippen molar-refractivity contribution in [3.63, 3.8) is 0 Å². The summed E-state index contributed by atoms with van der Waals surface area (Å²) >= 11 is 0. The van der Waals surface area contributed by atoms with Gasteiger partial charge in [0, 0.05) is 11.8 Å². The molecule has 4 aromatic rings. The van der Waals surface area contributed by atoms with E-state index < -0.39 is 0 Å². The van der Waals surface area contributed by atoms with Gasteiger partial charge in [-0.3, -0.25) is 14.3 Å². The summed E-state index contributed by atoms with van der Waals surface area (Å²) in [5.41, 5.74) is 2.42. The van der Waals surface area contributed by atoms with Crippen LogP contribution in [0, 0.1) is 11.3 Å². The summed E-state index contributed by atoms with van der Waals surface area (Å²) in [4.78, 5) is 22.0. The molecule has 0 atom stereocenters. The van der Waals surface area contributed by atoms with E-state index in [1.807, 2.05) is 19.1 Å². The Balaban J connectivity index is 1.98. The lowest BCUT2D eigenvalue weighted by molar-refractivity contribution is 0.467. The third-order valence-electron chi connectivity index (χ3n) is 4.91. The first kappa shape index (κ1) is 19.1. The van der Waals surface area contributed by atoms with Crippen LogP contribution in [0.1, 0.15) is 29.4 Å². The van der Waals surface area contributed by atoms with E-state index >= 15 is 0 Å². The van der Waals surface area contributed by atoms with E-state index in [4.69, 9.17) is 0 Å². The summed E-state index contributed by atoms with van der Waals surface area (Å²) in [5.74, 6) is 0.537. The van der Waals surface area contributed by atoms with Crippen molar-refractivity contribution < 1.29 is 5.11 Å². The molecular weight excluding hydrogens is 376 g/mol. The molecule has 1 N–H and O–H groups in total. The summed E-state index contributed by atoms with van der Waals surface area (Å²) in [6.07, 6.45) is 7.15.